The van der Waals surface area contributed by atoms with Gasteiger partial charge in [0.05, 0.1) is 5.41 Å². The molecular formula is C13H24N2O3. The molecule has 1 rings (SSSR count). The molecule has 5 heteroatoms. The number of hydrogen-bond acceptors (Lipinski definition) is 3. The highest BCUT2D eigenvalue weighted by atomic mass is 16.4. The van der Waals surface area contributed by atoms with Crippen LogP contribution in [0.2, 0.25) is 0 Å². The summed E-state index contributed by atoms with van der Waals surface area (Å²) in [6.45, 7) is 4.08. The van der Waals surface area contributed by atoms with Crippen molar-refractivity contribution in [2.45, 2.75) is 57.9 Å². The SMILES string of the molecule is CC(C)(CCC(=O)O)NC(=O)C1(CN)CCCC1. The van der Waals surface area contributed by atoms with Crippen LogP contribution in [0.4, 0.5) is 0 Å². The Hall–Kier alpha value is -1.10. The number of carbonyl (C=O) groups is 2. The number of aliphatic carboxylic acids is 1. The summed E-state index contributed by atoms with van der Waals surface area (Å²) in [6.07, 6.45) is 4.24. The summed E-state index contributed by atoms with van der Waals surface area (Å²) in [4.78, 5) is 22.9. The van der Waals surface area contributed by atoms with Gasteiger partial charge in [0.1, 0.15) is 0 Å². The maximum Gasteiger partial charge on any atom is 0.303 e. The molecule has 0 bridgehead atoms. The molecule has 0 spiro atoms. The fourth-order valence-corrected chi connectivity index (χ4v) is 2.50. The average Bonchev–Trinajstić information content (AvgIpc) is 2.76. The Balaban J connectivity index is 2.59. The summed E-state index contributed by atoms with van der Waals surface area (Å²) in [6, 6.07) is 0. The third kappa shape index (κ3) is 3.70. The number of hydrogen-bond donors (Lipinski definition) is 3. The Morgan fingerprint density at radius 1 is 1.33 bits per heavy atom. The predicted molar refractivity (Wildman–Crippen MR) is 69.0 cm³/mol. The Kier molecular flexibility index (Phi) is 4.73. The maximum absolute atomic E-state index is 12.3. The lowest BCUT2D eigenvalue weighted by atomic mass is 9.84. The molecule has 1 aliphatic carbocycles. The highest BCUT2D eigenvalue weighted by molar-refractivity contribution is 5.84. The van der Waals surface area contributed by atoms with Gasteiger partial charge in [-0.1, -0.05) is 12.8 Å². The third-order valence-corrected chi connectivity index (χ3v) is 3.85. The molecule has 0 heterocycles. The summed E-state index contributed by atoms with van der Waals surface area (Å²) in [7, 11) is 0. The molecule has 1 aliphatic rings. The number of nitrogens with one attached hydrogen (secondary N) is 1. The molecule has 0 saturated heterocycles. The Bertz CT molecular complexity index is 320. The number of carboxylic acid groups (broad SMARTS) is 1. The van der Waals surface area contributed by atoms with Crippen LogP contribution in [0.25, 0.3) is 0 Å². The molecule has 0 aromatic heterocycles. The van der Waals surface area contributed by atoms with E-state index in [-0.39, 0.29) is 12.3 Å². The van der Waals surface area contributed by atoms with Crippen LogP contribution < -0.4 is 11.1 Å². The Morgan fingerprint density at radius 3 is 2.33 bits per heavy atom. The van der Waals surface area contributed by atoms with E-state index in [0.29, 0.717) is 13.0 Å². The van der Waals surface area contributed by atoms with E-state index in [9.17, 15) is 9.59 Å². The summed E-state index contributed by atoms with van der Waals surface area (Å²) in [5, 5.41) is 11.6. The number of carbonyl (C=O) groups excluding carboxylic acids is 1. The van der Waals surface area contributed by atoms with Gasteiger partial charge in [0, 0.05) is 18.5 Å². The number of nitrogens with two attached hydrogens (primary N) is 1. The highest BCUT2D eigenvalue weighted by Crippen LogP contribution is 2.37. The van der Waals surface area contributed by atoms with Crippen LogP contribution in [0.15, 0.2) is 0 Å². The van der Waals surface area contributed by atoms with Crippen molar-refractivity contribution in [3.8, 4) is 0 Å². The Labute approximate surface area is 108 Å². The van der Waals surface area contributed by atoms with Crippen molar-refractivity contribution in [3.63, 3.8) is 0 Å². The van der Waals surface area contributed by atoms with Gasteiger partial charge in [0.15, 0.2) is 0 Å². The zero-order chi connectivity index (χ0) is 13.8. The molecule has 4 N–H and O–H groups in total. The minimum absolute atomic E-state index is 0.0158. The normalized spacial score (nSPS) is 18.6. The fraction of sp³-hybridized carbons (Fsp3) is 0.846. The van der Waals surface area contributed by atoms with Gasteiger partial charge in [-0.3, -0.25) is 9.59 Å². The average molecular weight is 256 g/mol. The largest absolute Gasteiger partial charge is 0.481 e. The topological polar surface area (TPSA) is 92.4 Å². The van der Waals surface area contributed by atoms with Gasteiger partial charge < -0.3 is 16.2 Å². The quantitative estimate of drug-likeness (QED) is 0.667. The summed E-state index contributed by atoms with van der Waals surface area (Å²) in [5.74, 6) is -0.857. The van der Waals surface area contributed by atoms with Gasteiger partial charge in [-0.2, -0.15) is 0 Å². The second-order valence-electron chi connectivity index (χ2n) is 5.92. The molecule has 104 valence electrons. The van der Waals surface area contributed by atoms with Crippen molar-refractivity contribution >= 4 is 11.9 Å². The standard InChI is InChI=1S/C13H24N2O3/c1-12(2,8-5-10(16)17)15-11(18)13(9-14)6-3-4-7-13/h3-9,14H2,1-2H3,(H,15,18)(H,16,17). The van der Waals surface area contributed by atoms with Gasteiger partial charge in [0.2, 0.25) is 5.91 Å². The second-order valence-corrected chi connectivity index (χ2v) is 5.92. The molecule has 0 unspecified atom stereocenters. The first-order valence-corrected chi connectivity index (χ1v) is 6.56. The highest BCUT2D eigenvalue weighted by Gasteiger charge is 2.41. The van der Waals surface area contributed by atoms with E-state index in [1.807, 2.05) is 13.8 Å². The van der Waals surface area contributed by atoms with E-state index in [2.05, 4.69) is 5.32 Å². The summed E-state index contributed by atoms with van der Waals surface area (Å²) < 4.78 is 0. The van der Waals surface area contributed by atoms with E-state index in [4.69, 9.17) is 10.8 Å². The van der Waals surface area contributed by atoms with Gasteiger partial charge in [-0.15, -0.1) is 0 Å². The van der Waals surface area contributed by atoms with Gasteiger partial charge >= 0.3 is 5.97 Å². The van der Waals surface area contributed by atoms with Crippen molar-refractivity contribution in [2.24, 2.45) is 11.1 Å². The molecule has 1 amide bonds. The van der Waals surface area contributed by atoms with Crippen LogP contribution >= 0.6 is 0 Å². The number of rotatable bonds is 6. The van der Waals surface area contributed by atoms with E-state index < -0.39 is 16.9 Å². The molecule has 0 aromatic rings. The molecule has 0 atom stereocenters. The zero-order valence-corrected chi connectivity index (χ0v) is 11.3. The first-order valence-electron chi connectivity index (χ1n) is 6.56. The summed E-state index contributed by atoms with van der Waals surface area (Å²) in [5.41, 5.74) is 4.83. The van der Waals surface area contributed by atoms with E-state index in [0.717, 1.165) is 25.7 Å². The molecular weight excluding hydrogens is 232 g/mol. The lowest BCUT2D eigenvalue weighted by Gasteiger charge is -2.33. The lowest BCUT2D eigenvalue weighted by Crippen LogP contribution is -2.52. The molecule has 1 fully saturated rings. The van der Waals surface area contributed by atoms with Crippen LogP contribution in [-0.2, 0) is 9.59 Å². The van der Waals surface area contributed by atoms with Crippen molar-refractivity contribution in [3.05, 3.63) is 0 Å². The minimum atomic E-state index is -0.841. The maximum atomic E-state index is 12.3. The molecule has 0 aliphatic heterocycles. The predicted octanol–water partition coefficient (Wildman–Crippen LogP) is 1.27. The van der Waals surface area contributed by atoms with Crippen molar-refractivity contribution in [2.75, 3.05) is 6.54 Å². The monoisotopic (exact) mass is 256 g/mol. The molecule has 0 aromatic carbocycles. The van der Waals surface area contributed by atoms with Crippen LogP contribution in [0, 0.1) is 5.41 Å². The molecule has 18 heavy (non-hydrogen) atoms. The summed E-state index contributed by atoms with van der Waals surface area (Å²) >= 11 is 0. The van der Waals surface area contributed by atoms with Crippen LogP contribution in [0.3, 0.4) is 0 Å². The molecule has 0 radical (unpaired) electrons. The van der Waals surface area contributed by atoms with Crippen LogP contribution in [0.5, 0.6) is 0 Å². The number of amides is 1. The van der Waals surface area contributed by atoms with Crippen molar-refractivity contribution < 1.29 is 14.7 Å². The minimum Gasteiger partial charge on any atom is -0.481 e. The van der Waals surface area contributed by atoms with Crippen molar-refractivity contribution in [1.82, 2.24) is 5.32 Å². The van der Waals surface area contributed by atoms with E-state index >= 15 is 0 Å². The number of carboxylic acids is 1. The smallest absolute Gasteiger partial charge is 0.303 e. The van der Waals surface area contributed by atoms with Gasteiger partial charge in [0.25, 0.3) is 0 Å². The van der Waals surface area contributed by atoms with Gasteiger partial charge in [-0.25, -0.2) is 0 Å². The van der Waals surface area contributed by atoms with Crippen molar-refractivity contribution in [1.29, 1.82) is 0 Å². The Morgan fingerprint density at radius 2 is 1.89 bits per heavy atom. The van der Waals surface area contributed by atoms with E-state index in [1.165, 1.54) is 0 Å². The molecule has 5 nitrogen and oxygen atoms in total. The first kappa shape index (κ1) is 15.0. The third-order valence-electron chi connectivity index (χ3n) is 3.85. The zero-order valence-electron chi connectivity index (χ0n) is 11.3. The van der Waals surface area contributed by atoms with E-state index in [1.54, 1.807) is 0 Å². The molecule has 1 saturated carbocycles. The van der Waals surface area contributed by atoms with Crippen LogP contribution in [0.1, 0.15) is 52.4 Å². The first-order chi connectivity index (χ1) is 8.31. The fourth-order valence-electron chi connectivity index (χ4n) is 2.50. The second kappa shape index (κ2) is 5.69. The lowest BCUT2D eigenvalue weighted by molar-refractivity contribution is -0.138. The van der Waals surface area contributed by atoms with Gasteiger partial charge in [-0.05, 0) is 33.1 Å². The van der Waals surface area contributed by atoms with Crippen LogP contribution in [-0.4, -0.2) is 29.1 Å².